The molecule has 138 valence electrons. The summed E-state index contributed by atoms with van der Waals surface area (Å²) in [7, 11) is 1.50. The van der Waals surface area contributed by atoms with Crippen molar-refractivity contribution in [2.24, 2.45) is 0 Å². The van der Waals surface area contributed by atoms with Gasteiger partial charge in [0.15, 0.2) is 0 Å². The van der Waals surface area contributed by atoms with Crippen LogP contribution < -0.4 is 4.74 Å². The fourth-order valence-corrected chi connectivity index (χ4v) is 3.97. The van der Waals surface area contributed by atoms with Gasteiger partial charge in [0.1, 0.15) is 23.4 Å². The summed E-state index contributed by atoms with van der Waals surface area (Å²) in [6.07, 6.45) is 0. The van der Waals surface area contributed by atoms with Crippen LogP contribution in [0.2, 0.25) is 0 Å². The molecule has 0 spiro atoms. The van der Waals surface area contributed by atoms with E-state index in [9.17, 15) is 14.0 Å². The van der Waals surface area contributed by atoms with Crippen molar-refractivity contribution in [1.29, 1.82) is 0 Å². The van der Waals surface area contributed by atoms with Gasteiger partial charge in [-0.3, -0.25) is 14.5 Å². The van der Waals surface area contributed by atoms with Gasteiger partial charge in [-0.05, 0) is 52.4 Å². The number of rotatable bonds is 4. The molecule has 7 heteroatoms. The Balaban J connectivity index is 0.00000225. The van der Waals surface area contributed by atoms with Crippen LogP contribution in [-0.2, 0) is 11.4 Å². The Morgan fingerprint density at radius 2 is 1.75 bits per heavy atom. The van der Waals surface area contributed by atoms with Gasteiger partial charge in [-0.1, -0.05) is 36.4 Å². The van der Waals surface area contributed by atoms with Crippen molar-refractivity contribution in [3.63, 3.8) is 0 Å². The fraction of sp³-hybridized carbons (Fsp3) is 0.143. The summed E-state index contributed by atoms with van der Waals surface area (Å²) in [5, 5.41) is 1.16. The molecule has 0 N–H and O–H groups in total. The number of imide groups is 1. The third kappa shape index (κ3) is 4.10. The van der Waals surface area contributed by atoms with Crippen LogP contribution in [0.1, 0.15) is 16.4 Å². The predicted octanol–water partition coefficient (Wildman–Crippen LogP) is 4.28. The number of hydrogen-bond acceptors (Lipinski definition) is 4. The molecule has 1 aliphatic heterocycles. The number of thioether (sulfide) groups is 1. The first kappa shape index (κ1) is 20.9. The number of carbonyl (C=O) groups excluding carboxylic acids is 2. The van der Waals surface area contributed by atoms with E-state index in [4.69, 9.17) is 4.74 Å². The van der Waals surface area contributed by atoms with Crippen LogP contribution in [0.15, 0.2) is 60.7 Å². The maximum atomic E-state index is 13.7. The molecule has 1 aliphatic rings. The van der Waals surface area contributed by atoms with Crippen molar-refractivity contribution in [1.82, 2.24) is 4.90 Å². The third-order valence-corrected chi connectivity index (χ3v) is 5.72. The topological polar surface area (TPSA) is 46.6 Å². The number of likely N-dealkylation sites (N-methyl/N-ethyl adjacent to an activating group) is 1. The number of amides is 2. The zero-order chi connectivity index (χ0) is 19.0. The van der Waals surface area contributed by atoms with Crippen LogP contribution in [0.3, 0.4) is 0 Å². The number of carbonyl (C=O) groups is 2. The van der Waals surface area contributed by atoms with Crippen LogP contribution in [0.25, 0.3) is 10.8 Å². The van der Waals surface area contributed by atoms with Crippen LogP contribution in [0.5, 0.6) is 5.75 Å². The van der Waals surface area contributed by atoms with Crippen molar-refractivity contribution in [3.05, 3.63) is 77.6 Å². The van der Waals surface area contributed by atoms with Gasteiger partial charge in [0, 0.05) is 12.6 Å². The monoisotopic (exact) mass is 405 g/mol. The number of hydrogen-bond donors (Lipinski definition) is 0. The average Bonchev–Trinajstić information content (AvgIpc) is 2.94. The molecule has 1 heterocycles. The molecular formula is C21H17FNNaO3S. The van der Waals surface area contributed by atoms with E-state index in [2.05, 4.69) is 0 Å². The van der Waals surface area contributed by atoms with Gasteiger partial charge >= 0.3 is 29.6 Å². The van der Waals surface area contributed by atoms with Crippen LogP contribution >= 0.6 is 11.8 Å². The Hall–Kier alpha value is -1.86. The molecule has 1 fully saturated rings. The van der Waals surface area contributed by atoms with Crippen LogP contribution in [0.4, 0.5) is 9.18 Å². The number of fused-ring (bicyclic) bond motifs is 1. The first-order valence-corrected chi connectivity index (χ1v) is 9.29. The summed E-state index contributed by atoms with van der Waals surface area (Å²) in [5.41, 5.74) is 1.30. The molecule has 4 nitrogen and oxygen atoms in total. The zero-order valence-corrected chi connectivity index (χ0v) is 15.3. The van der Waals surface area contributed by atoms with Gasteiger partial charge in [0.25, 0.3) is 5.24 Å². The van der Waals surface area contributed by atoms with Gasteiger partial charge in [-0.25, -0.2) is 4.39 Å². The Morgan fingerprint density at radius 3 is 2.46 bits per heavy atom. The van der Waals surface area contributed by atoms with E-state index >= 15 is 0 Å². The van der Waals surface area contributed by atoms with Crippen LogP contribution in [0, 0.1) is 5.82 Å². The van der Waals surface area contributed by atoms with E-state index in [1.165, 1.54) is 13.1 Å². The summed E-state index contributed by atoms with van der Waals surface area (Å²) in [5.74, 6) is 0.148. The van der Waals surface area contributed by atoms with E-state index < -0.39 is 5.25 Å². The average molecular weight is 405 g/mol. The van der Waals surface area contributed by atoms with Gasteiger partial charge < -0.3 is 4.74 Å². The van der Waals surface area contributed by atoms with E-state index in [-0.39, 0.29) is 53.1 Å². The fourth-order valence-electron chi connectivity index (χ4n) is 2.98. The molecule has 0 aliphatic carbocycles. The quantitative estimate of drug-likeness (QED) is 0.608. The molecule has 1 saturated heterocycles. The normalized spacial score (nSPS) is 16.4. The predicted molar refractivity (Wildman–Crippen MR) is 110 cm³/mol. The van der Waals surface area contributed by atoms with E-state index in [1.54, 1.807) is 18.2 Å². The summed E-state index contributed by atoms with van der Waals surface area (Å²) in [4.78, 5) is 25.1. The molecule has 1 atom stereocenters. The summed E-state index contributed by atoms with van der Waals surface area (Å²) in [6.45, 7) is 0.151. The van der Waals surface area contributed by atoms with Crippen molar-refractivity contribution >= 4 is 63.2 Å². The third-order valence-electron chi connectivity index (χ3n) is 4.54. The second kappa shape index (κ2) is 8.66. The molecule has 4 rings (SSSR count). The zero-order valence-electron chi connectivity index (χ0n) is 14.5. The molecule has 0 bridgehead atoms. The Bertz CT molecular complexity index is 1060. The van der Waals surface area contributed by atoms with Gasteiger partial charge in [0.2, 0.25) is 5.91 Å². The molecular weight excluding hydrogens is 388 g/mol. The van der Waals surface area contributed by atoms with Crippen molar-refractivity contribution < 1.29 is 18.7 Å². The number of nitrogens with zero attached hydrogens (tertiary/aromatic N) is 1. The Kier molecular flexibility index (Phi) is 6.45. The molecule has 3 aromatic carbocycles. The summed E-state index contributed by atoms with van der Waals surface area (Å²) < 4.78 is 19.4. The van der Waals surface area contributed by atoms with Crippen molar-refractivity contribution in [2.45, 2.75) is 11.9 Å². The molecule has 2 amide bonds. The van der Waals surface area contributed by atoms with Gasteiger partial charge in [-0.15, -0.1) is 0 Å². The van der Waals surface area contributed by atoms with Crippen molar-refractivity contribution in [3.8, 4) is 5.75 Å². The van der Waals surface area contributed by atoms with E-state index in [1.807, 2.05) is 36.4 Å². The van der Waals surface area contributed by atoms with E-state index in [0.29, 0.717) is 11.3 Å². The molecule has 28 heavy (non-hydrogen) atoms. The van der Waals surface area contributed by atoms with E-state index in [0.717, 1.165) is 33.0 Å². The summed E-state index contributed by atoms with van der Waals surface area (Å²) in [6, 6.07) is 17.8. The Morgan fingerprint density at radius 1 is 1.04 bits per heavy atom. The number of ether oxygens (including phenoxy) is 1. The molecule has 1 unspecified atom stereocenters. The number of benzene rings is 3. The SMILES string of the molecule is CN1C(=O)SC(c2ccc3cc(OCc4ccccc4F)ccc3c2)C1=O.[NaH]. The molecule has 0 radical (unpaired) electrons. The van der Waals surface area contributed by atoms with Gasteiger partial charge in [0.05, 0.1) is 0 Å². The second-order valence-electron chi connectivity index (χ2n) is 6.31. The maximum absolute atomic E-state index is 13.7. The van der Waals surface area contributed by atoms with Crippen LogP contribution in [-0.4, -0.2) is 52.7 Å². The molecule has 0 saturated carbocycles. The molecule has 3 aromatic rings. The first-order chi connectivity index (χ1) is 13.0. The first-order valence-electron chi connectivity index (χ1n) is 8.41. The summed E-state index contributed by atoms with van der Waals surface area (Å²) >= 11 is 1.03. The number of halogens is 1. The van der Waals surface area contributed by atoms with Gasteiger partial charge in [-0.2, -0.15) is 0 Å². The standard InChI is InChI=1S/C21H16FNO3S.Na.H/c1-23-20(24)19(27-21(23)25)15-7-6-14-11-17(9-8-13(14)10-15)26-12-16-4-2-3-5-18(16)22;;/h2-11,19H,12H2,1H3;;. The second-order valence-corrected chi connectivity index (χ2v) is 7.37. The Labute approximate surface area is 188 Å². The van der Waals surface area contributed by atoms with Crippen molar-refractivity contribution in [2.75, 3.05) is 7.05 Å². The minimum atomic E-state index is -0.496. The molecule has 0 aromatic heterocycles. The minimum absolute atomic E-state index is 0.